The summed E-state index contributed by atoms with van der Waals surface area (Å²) >= 11 is 11.8. The smallest absolute Gasteiger partial charge is 0.243 e. The maximum Gasteiger partial charge on any atom is 0.243 e. The zero-order valence-electron chi connectivity index (χ0n) is 10.2. The normalized spacial score (nSPS) is 18.4. The van der Waals surface area contributed by atoms with Gasteiger partial charge in [-0.05, 0) is 30.5 Å². The molecule has 2 rings (SSSR count). The van der Waals surface area contributed by atoms with Crippen molar-refractivity contribution in [1.29, 1.82) is 0 Å². The number of likely N-dealkylation sites (tertiary alicyclic amines) is 1. The van der Waals surface area contributed by atoms with Gasteiger partial charge >= 0.3 is 0 Å². The van der Waals surface area contributed by atoms with Gasteiger partial charge in [0.05, 0.1) is 0 Å². The molecule has 0 aromatic heterocycles. The first-order valence-electron chi connectivity index (χ1n) is 6.04. The average Bonchev–Trinajstić information content (AvgIpc) is 2.85. The Labute approximate surface area is 121 Å². The number of rotatable bonds is 4. The maximum atomic E-state index is 12.0. The van der Waals surface area contributed by atoms with Crippen LogP contribution in [0.15, 0.2) is 18.2 Å². The molecule has 0 spiro atoms. The van der Waals surface area contributed by atoms with E-state index in [2.05, 4.69) is 5.32 Å². The highest BCUT2D eigenvalue weighted by molar-refractivity contribution is 6.35. The lowest BCUT2D eigenvalue weighted by molar-refractivity contribution is -0.131. The van der Waals surface area contributed by atoms with E-state index in [1.165, 1.54) is 4.90 Å². The largest absolute Gasteiger partial charge is 0.350 e. The van der Waals surface area contributed by atoms with Crippen LogP contribution in [-0.2, 0) is 16.1 Å². The molecular formula is C13H14Cl2N2O2. The van der Waals surface area contributed by atoms with Gasteiger partial charge in [-0.1, -0.05) is 29.3 Å². The molecule has 1 aromatic carbocycles. The first-order chi connectivity index (χ1) is 9.11. The Bertz CT molecular complexity index is 494. The van der Waals surface area contributed by atoms with Gasteiger partial charge in [-0.15, -0.1) is 0 Å². The SMILES string of the molecule is O=CN1CCCC1C(=O)NCc1ccc(Cl)cc1Cl. The molecule has 19 heavy (non-hydrogen) atoms. The van der Waals surface area contributed by atoms with Crippen LogP contribution >= 0.6 is 23.2 Å². The van der Waals surface area contributed by atoms with E-state index in [9.17, 15) is 9.59 Å². The van der Waals surface area contributed by atoms with Crippen LogP contribution in [-0.4, -0.2) is 29.8 Å². The van der Waals surface area contributed by atoms with Crippen LogP contribution in [0.4, 0.5) is 0 Å². The summed E-state index contributed by atoms with van der Waals surface area (Å²) in [5.74, 6) is -0.143. The first kappa shape index (κ1) is 14.2. The Kier molecular flexibility index (Phi) is 4.66. The molecule has 1 aromatic rings. The molecule has 0 saturated carbocycles. The summed E-state index contributed by atoms with van der Waals surface area (Å²) in [5, 5.41) is 3.88. The molecule has 4 nitrogen and oxygen atoms in total. The second-order valence-electron chi connectivity index (χ2n) is 4.45. The molecule has 1 aliphatic rings. The van der Waals surface area contributed by atoms with E-state index in [0.717, 1.165) is 18.4 Å². The predicted octanol–water partition coefficient (Wildman–Crippen LogP) is 2.23. The topological polar surface area (TPSA) is 49.4 Å². The van der Waals surface area contributed by atoms with Crippen LogP contribution in [0.3, 0.4) is 0 Å². The molecule has 1 saturated heterocycles. The predicted molar refractivity (Wildman–Crippen MR) is 74.1 cm³/mol. The Hall–Kier alpha value is -1.26. The third-order valence-corrected chi connectivity index (χ3v) is 3.79. The van der Waals surface area contributed by atoms with Gasteiger partial charge < -0.3 is 10.2 Å². The van der Waals surface area contributed by atoms with E-state index < -0.39 is 0 Å². The van der Waals surface area contributed by atoms with Gasteiger partial charge in [0.2, 0.25) is 12.3 Å². The molecule has 1 fully saturated rings. The summed E-state index contributed by atoms with van der Waals surface area (Å²) in [5.41, 5.74) is 0.801. The van der Waals surface area contributed by atoms with E-state index in [0.29, 0.717) is 29.6 Å². The molecular weight excluding hydrogens is 287 g/mol. The summed E-state index contributed by atoms with van der Waals surface area (Å²) in [6, 6.07) is 4.78. The number of nitrogens with one attached hydrogen (secondary N) is 1. The minimum Gasteiger partial charge on any atom is -0.350 e. The fourth-order valence-electron chi connectivity index (χ4n) is 2.16. The Morgan fingerprint density at radius 1 is 1.47 bits per heavy atom. The zero-order valence-corrected chi connectivity index (χ0v) is 11.7. The number of hydrogen-bond acceptors (Lipinski definition) is 2. The van der Waals surface area contributed by atoms with Crippen molar-refractivity contribution >= 4 is 35.5 Å². The molecule has 0 aliphatic carbocycles. The highest BCUT2D eigenvalue weighted by Crippen LogP contribution is 2.21. The molecule has 1 heterocycles. The van der Waals surface area contributed by atoms with Crippen molar-refractivity contribution in [2.24, 2.45) is 0 Å². The van der Waals surface area contributed by atoms with Gasteiger partial charge in [0.15, 0.2) is 0 Å². The summed E-state index contributed by atoms with van der Waals surface area (Å²) < 4.78 is 0. The molecule has 1 N–H and O–H groups in total. The van der Waals surface area contributed by atoms with E-state index in [4.69, 9.17) is 23.2 Å². The minimum atomic E-state index is -0.358. The monoisotopic (exact) mass is 300 g/mol. The number of carbonyl (C=O) groups excluding carboxylic acids is 2. The molecule has 1 atom stereocenters. The van der Waals surface area contributed by atoms with Crippen LogP contribution in [0.2, 0.25) is 10.0 Å². The molecule has 102 valence electrons. The van der Waals surface area contributed by atoms with Crippen LogP contribution in [0, 0.1) is 0 Å². The summed E-state index contributed by atoms with van der Waals surface area (Å²) in [7, 11) is 0. The average molecular weight is 301 g/mol. The maximum absolute atomic E-state index is 12.0. The fraction of sp³-hybridized carbons (Fsp3) is 0.385. The minimum absolute atomic E-state index is 0.143. The van der Waals surface area contributed by atoms with Gasteiger partial charge in [0, 0.05) is 23.1 Å². The van der Waals surface area contributed by atoms with E-state index >= 15 is 0 Å². The van der Waals surface area contributed by atoms with Gasteiger partial charge in [-0.25, -0.2) is 0 Å². The van der Waals surface area contributed by atoms with Crippen LogP contribution in [0.25, 0.3) is 0 Å². The summed E-state index contributed by atoms with van der Waals surface area (Å²) in [4.78, 5) is 24.3. The second-order valence-corrected chi connectivity index (χ2v) is 5.30. The van der Waals surface area contributed by atoms with Gasteiger partial charge in [-0.3, -0.25) is 9.59 Å². The van der Waals surface area contributed by atoms with Crippen LogP contribution in [0.5, 0.6) is 0 Å². The molecule has 1 unspecified atom stereocenters. The van der Waals surface area contributed by atoms with E-state index in [1.54, 1.807) is 18.2 Å². The molecule has 2 amide bonds. The molecule has 1 aliphatic heterocycles. The van der Waals surface area contributed by atoms with Crippen molar-refractivity contribution in [3.8, 4) is 0 Å². The Morgan fingerprint density at radius 3 is 2.95 bits per heavy atom. The second kappa shape index (κ2) is 6.26. The van der Waals surface area contributed by atoms with Crippen molar-refractivity contribution in [3.63, 3.8) is 0 Å². The van der Waals surface area contributed by atoms with Crippen molar-refractivity contribution in [2.45, 2.75) is 25.4 Å². The molecule has 0 bridgehead atoms. The van der Waals surface area contributed by atoms with Crippen molar-refractivity contribution in [3.05, 3.63) is 33.8 Å². The van der Waals surface area contributed by atoms with Crippen LogP contribution in [0.1, 0.15) is 18.4 Å². The van der Waals surface area contributed by atoms with E-state index in [-0.39, 0.29) is 11.9 Å². The lowest BCUT2D eigenvalue weighted by Gasteiger charge is -2.19. The molecule has 6 heteroatoms. The highest BCUT2D eigenvalue weighted by atomic mass is 35.5. The van der Waals surface area contributed by atoms with Gasteiger partial charge in [0.25, 0.3) is 0 Å². The Morgan fingerprint density at radius 2 is 2.26 bits per heavy atom. The van der Waals surface area contributed by atoms with Gasteiger partial charge in [0.1, 0.15) is 6.04 Å². The number of nitrogens with zero attached hydrogens (tertiary/aromatic N) is 1. The first-order valence-corrected chi connectivity index (χ1v) is 6.80. The van der Waals surface area contributed by atoms with Crippen LogP contribution < -0.4 is 5.32 Å². The van der Waals surface area contributed by atoms with Gasteiger partial charge in [-0.2, -0.15) is 0 Å². The number of amides is 2. The lowest BCUT2D eigenvalue weighted by Crippen LogP contribution is -2.42. The van der Waals surface area contributed by atoms with Crippen molar-refractivity contribution in [1.82, 2.24) is 10.2 Å². The lowest BCUT2D eigenvalue weighted by atomic mass is 10.2. The highest BCUT2D eigenvalue weighted by Gasteiger charge is 2.29. The number of benzene rings is 1. The third-order valence-electron chi connectivity index (χ3n) is 3.20. The quantitative estimate of drug-likeness (QED) is 0.867. The number of carbonyl (C=O) groups is 2. The van der Waals surface area contributed by atoms with Crippen molar-refractivity contribution in [2.75, 3.05) is 6.54 Å². The third kappa shape index (κ3) is 3.39. The van der Waals surface area contributed by atoms with E-state index in [1.807, 2.05) is 0 Å². The molecule has 0 radical (unpaired) electrons. The fourth-order valence-corrected chi connectivity index (χ4v) is 2.64. The van der Waals surface area contributed by atoms with Crippen molar-refractivity contribution < 1.29 is 9.59 Å². The zero-order chi connectivity index (χ0) is 13.8. The number of halogens is 2. The standard InChI is InChI=1S/C13H14Cl2N2O2/c14-10-4-3-9(11(15)6-10)7-16-13(19)12-2-1-5-17(12)8-18/h3-4,6,8,12H,1-2,5,7H2,(H,16,19). The summed E-state index contributed by atoms with van der Waals surface area (Å²) in [6.07, 6.45) is 2.30. The summed E-state index contributed by atoms with van der Waals surface area (Å²) in [6.45, 7) is 0.974. The Balaban J connectivity index is 1.94. The number of hydrogen-bond donors (Lipinski definition) is 1.